The number of nitrogens with zero attached hydrogens (tertiary/aromatic N) is 2. The van der Waals surface area contributed by atoms with E-state index in [9.17, 15) is 0 Å². The average molecular weight is 1750 g/mol. The summed E-state index contributed by atoms with van der Waals surface area (Å²) in [6, 6.07) is 202. The van der Waals surface area contributed by atoms with Crippen molar-refractivity contribution in [1.29, 1.82) is 0 Å². The van der Waals surface area contributed by atoms with E-state index in [0.717, 1.165) is 73.1 Å². The molecule has 0 saturated carbocycles. The van der Waals surface area contributed by atoms with Crippen molar-refractivity contribution in [3.05, 3.63) is 623 Å². The van der Waals surface area contributed by atoms with Crippen LogP contribution >= 0.6 is 0 Å². The first-order valence-corrected chi connectivity index (χ1v) is 48.2. The molecule has 2 heteroatoms. The third-order valence-corrected chi connectivity index (χ3v) is 31.3. The molecule has 0 radical (unpaired) electrons. The number of fused-ring (bicyclic) bond motifs is 26. The quantitative estimate of drug-likeness (QED) is 0.101. The highest BCUT2D eigenvalue weighted by molar-refractivity contribution is 6.02. The molecule has 0 fully saturated rings. The molecule has 0 aliphatic heterocycles. The van der Waals surface area contributed by atoms with Crippen LogP contribution in [0.2, 0.25) is 0 Å². The summed E-state index contributed by atoms with van der Waals surface area (Å²) in [5.74, 6) is 0. The highest BCUT2D eigenvalue weighted by Gasteiger charge is 2.55. The van der Waals surface area contributed by atoms with Gasteiger partial charge in [-0.05, 0) is 291 Å². The van der Waals surface area contributed by atoms with E-state index in [4.69, 9.17) is 0 Å². The molecule has 22 aromatic carbocycles. The molecule has 0 N–H and O–H groups in total. The van der Waals surface area contributed by atoms with Crippen molar-refractivity contribution in [3.63, 3.8) is 0 Å². The molecule has 2 spiro atoms. The minimum Gasteiger partial charge on any atom is -0.310 e. The minimum atomic E-state index is -0.623. The Balaban J connectivity index is 0.540. The number of para-hydroxylation sites is 1. The molecule has 2 nitrogen and oxygen atoms in total. The molecule has 0 atom stereocenters. The van der Waals surface area contributed by atoms with E-state index in [2.05, 4.69) is 544 Å². The molecule has 138 heavy (non-hydrogen) atoms. The van der Waals surface area contributed by atoms with Gasteiger partial charge in [-0.25, -0.2) is 0 Å². The molecule has 0 heterocycles. The standard InChI is InChI=1S/C136H88N2/c1-6-32-94(33-7-1)107-42-23-31-57-132(107)138(104-75-66-93(67-76-104)97-69-82-128-118(85-97)114-49-22-25-51-121(114)134(128,100-38-12-4-13-39-100)101-40-14-5-15-41-101)106-78-80-116-119-86-95(70-83-129(119)136(131(116)88-106)124-54-28-18-45-110(124)111-46-19-29-55-125(111)136)91-60-58-89(59-61-91)90-62-71-102(72-63-90)137(105-77-79-115-112-47-20-30-56-126(112)135(130(115)87-105)122-52-26-16-43-108(122)109-44-17-27-53-123(109)135)103-73-64-92(65-74-103)96-68-81-127-117(84-96)113-48-21-24-50-120(113)133(127,98-34-8-2-9-35-98)99-36-10-3-11-37-99/h1-88H. The van der Waals surface area contributed by atoms with Gasteiger partial charge in [0, 0.05) is 34.0 Å². The van der Waals surface area contributed by atoms with Crippen LogP contribution in [0, 0.1) is 0 Å². The maximum absolute atomic E-state index is 2.54. The van der Waals surface area contributed by atoms with Gasteiger partial charge in [-0.15, -0.1) is 0 Å². The predicted octanol–water partition coefficient (Wildman–Crippen LogP) is 34.4. The van der Waals surface area contributed by atoms with Gasteiger partial charge in [0.2, 0.25) is 0 Å². The third-order valence-electron chi connectivity index (χ3n) is 31.3. The summed E-state index contributed by atoms with van der Waals surface area (Å²) < 4.78 is 0. The second-order valence-corrected chi connectivity index (χ2v) is 37.8. The Kier molecular flexibility index (Phi) is 17.8. The molecule has 28 rings (SSSR count). The first-order valence-electron chi connectivity index (χ1n) is 48.2. The van der Waals surface area contributed by atoms with E-state index in [1.807, 2.05) is 0 Å². The lowest BCUT2D eigenvalue weighted by molar-refractivity contribution is 0.768. The Morgan fingerprint density at radius 2 is 0.319 bits per heavy atom. The number of hydrogen-bond acceptors (Lipinski definition) is 2. The number of rotatable bonds is 15. The maximum Gasteiger partial charge on any atom is 0.0726 e. The summed E-state index contributed by atoms with van der Waals surface area (Å²) in [5, 5.41) is 0. The average Bonchev–Trinajstić information content (AvgIpc) is 1.51. The molecule has 22 aromatic rings. The summed E-state index contributed by atoms with van der Waals surface area (Å²) in [6.07, 6.45) is 0. The van der Waals surface area contributed by atoms with E-state index < -0.39 is 21.7 Å². The summed E-state index contributed by atoms with van der Waals surface area (Å²) >= 11 is 0. The Morgan fingerprint density at radius 3 is 0.652 bits per heavy atom. The highest BCUT2D eigenvalue weighted by Crippen LogP contribution is 2.68. The maximum atomic E-state index is 2.54. The number of hydrogen-bond donors (Lipinski definition) is 0. The zero-order valence-corrected chi connectivity index (χ0v) is 75.7. The van der Waals surface area contributed by atoms with Crippen molar-refractivity contribution in [3.8, 4) is 122 Å². The summed E-state index contributed by atoms with van der Waals surface area (Å²) in [4.78, 5) is 4.98. The second kappa shape index (κ2) is 31.0. The zero-order chi connectivity index (χ0) is 90.8. The van der Waals surface area contributed by atoms with Gasteiger partial charge in [-0.3, -0.25) is 0 Å². The van der Waals surface area contributed by atoms with Gasteiger partial charge >= 0.3 is 0 Å². The SMILES string of the molecule is c1ccc(-c2ccccc2N(c2ccc(-c3ccc4c(c3)-c3ccccc3C4(c3ccccc3)c3ccccc3)cc2)c2ccc3c(c2)C2(c4ccccc4-c4ccccc42)c2ccc(-c4ccc(-c5ccc(N(c6ccc(-c7ccc8c(c7)-c7ccccc7C8(c7ccccc7)c7ccccc7)cc6)c6ccc7c(c6)C6(c8ccccc8-c8ccccc86)c6ccccc6-7)cc5)cc4)cc2-3)cc1. The molecule has 0 unspecified atom stereocenters. The van der Waals surface area contributed by atoms with Crippen LogP contribution in [0.15, 0.2) is 534 Å². The van der Waals surface area contributed by atoms with Gasteiger partial charge in [0.15, 0.2) is 0 Å². The molecule has 0 bridgehead atoms. The molecular weight excluding hydrogens is 1660 g/mol. The Morgan fingerprint density at radius 1 is 0.109 bits per heavy atom. The van der Waals surface area contributed by atoms with Crippen LogP contribution in [0.25, 0.3) is 122 Å². The third kappa shape index (κ3) is 11.3. The lowest BCUT2D eigenvalue weighted by atomic mass is 9.67. The van der Waals surface area contributed by atoms with Crippen LogP contribution in [0.1, 0.15) is 89.0 Å². The van der Waals surface area contributed by atoms with Crippen LogP contribution in [0.3, 0.4) is 0 Å². The lowest BCUT2D eigenvalue weighted by Crippen LogP contribution is -2.28. The van der Waals surface area contributed by atoms with Crippen molar-refractivity contribution in [1.82, 2.24) is 0 Å². The van der Waals surface area contributed by atoms with Crippen molar-refractivity contribution in [2.75, 3.05) is 9.80 Å². The molecule has 0 aromatic heterocycles. The van der Waals surface area contributed by atoms with Crippen molar-refractivity contribution in [2.24, 2.45) is 0 Å². The van der Waals surface area contributed by atoms with Crippen molar-refractivity contribution in [2.45, 2.75) is 21.7 Å². The van der Waals surface area contributed by atoms with Gasteiger partial charge in [0.05, 0.1) is 27.3 Å². The first-order chi connectivity index (χ1) is 68.4. The van der Waals surface area contributed by atoms with E-state index in [-0.39, 0.29) is 0 Å². The molecule has 6 aliphatic carbocycles. The highest BCUT2D eigenvalue weighted by atomic mass is 15.2. The van der Waals surface area contributed by atoms with Crippen LogP contribution in [-0.4, -0.2) is 0 Å². The molecular formula is C136H88N2. The number of anilines is 6. The van der Waals surface area contributed by atoms with Gasteiger partial charge in [-0.1, -0.05) is 449 Å². The topological polar surface area (TPSA) is 6.48 Å². The predicted molar refractivity (Wildman–Crippen MR) is 570 cm³/mol. The van der Waals surface area contributed by atoms with Crippen LogP contribution in [0.5, 0.6) is 0 Å². The molecule has 6 aliphatic rings. The zero-order valence-electron chi connectivity index (χ0n) is 75.7. The van der Waals surface area contributed by atoms with Crippen LogP contribution in [0.4, 0.5) is 34.1 Å². The molecule has 0 amide bonds. The summed E-state index contributed by atoms with van der Waals surface area (Å²) in [5.41, 5.74) is 51.8. The summed E-state index contributed by atoms with van der Waals surface area (Å²) in [7, 11) is 0. The Labute approximate surface area is 805 Å². The van der Waals surface area contributed by atoms with Crippen molar-refractivity contribution < 1.29 is 0 Å². The van der Waals surface area contributed by atoms with Gasteiger partial charge in [0.1, 0.15) is 0 Å². The minimum absolute atomic E-state index is 0.477. The molecule has 0 saturated heterocycles. The Hall–Kier alpha value is -17.6. The largest absolute Gasteiger partial charge is 0.310 e. The lowest BCUT2D eigenvalue weighted by Gasteiger charge is -2.33. The second-order valence-electron chi connectivity index (χ2n) is 37.8. The van der Waals surface area contributed by atoms with E-state index in [1.165, 1.54) is 172 Å². The fourth-order valence-electron chi connectivity index (χ4n) is 25.6. The first kappa shape index (κ1) is 79.0. The van der Waals surface area contributed by atoms with Crippen molar-refractivity contribution >= 4 is 34.1 Å². The van der Waals surface area contributed by atoms with E-state index in [0.29, 0.717) is 0 Å². The smallest absolute Gasteiger partial charge is 0.0726 e. The fourth-order valence-corrected chi connectivity index (χ4v) is 25.6. The van der Waals surface area contributed by atoms with Crippen LogP contribution in [-0.2, 0) is 21.7 Å². The van der Waals surface area contributed by atoms with Gasteiger partial charge in [0.25, 0.3) is 0 Å². The van der Waals surface area contributed by atoms with E-state index in [1.54, 1.807) is 0 Å². The monoisotopic (exact) mass is 1750 g/mol. The van der Waals surface area contributed by atoms with Gasteiger partial charge < -0.3 is 9.80 Å². The van der Waals surface area contributed by atoms with E-state index >= 15 is 0 Å². The van der Waals surface area contributed by atoms with Gasteiger partial charge in [-0.2, -0.15) is 0 Å². The normalized spacial score (nSPS) is 13.9. The number of benzene rings is 22. The van der Waals surface area contributed by atoms with Crippen LogP contribution < -0.4 is 9.80 Å². The summed E-state index contributed by atoms with van der Waals surface area (Å²) in [6.45, 7) is 0. The molecule has 642 valence electrons. The Bertz CT molecular complexity index is 8470. The fraction of sp³-hybridized carbons (Fsp3) is 0.0294.